The summed E-state index contributed by atoms with van der Waals surface area (Å²) in [5.41, 5.74) is 6.40. The van der Waals surface area contributed by atoms with Gasteiger partial charge in [0.25, 0.3) is 0 Å². The van der Waals surface area contributed by atoms with E-state index in [0.29, 0.717) is 0 Å². The number of benzene rings is 1. The molecule has 0 saturated carbocycles. The molecule has 106 valence electrons. The lowest BCUT2D eigenvalue weighted by Gasteiger charge is -2.18. The number of rotatable bonds is 1. The van der Waals surface area contributed by atoms with Crippen LogP contribution >= 0.6 is 0 Å². The highest BCUT2D eigenvalue weighted by molar-refractivity contribution is 5.64. The van der Waals surface area contributed by atoms with Crippen molar-refractivity contribution in [2.45, 2.75) is 32.6 Å². The zero-order valence-electron chi connectivity index (χ0n) is 11.9. The van der Waals surface area contributed by atoms with Gasteiger partial charge in [-0.05, 0) is 62.4 Å². The topological polar surface area (TPSA) is 30.2 Å². The van der Waals surface area contributed by atoms with Crippen LogP contribution in [0.2, 0.25) is 0 Å². The molecule has 0 N–H and O–H groups in total. The summed E-state index contributed by atoms with van der Waals surface area (Å²) in [7, 11) is 0. The predicted molar refractivity (Wildman–Crippen MR) is 79.8 cm³/mol. The van der Waals surface area contributed by atoms with E-state index in [0.717, 1.165) is 35.4 Å². The highest BCUT2D eigenvalue weighted by Crippen LogP contribution is 2.26. The Hall–Kier alpha value is -2.23. The van der Waals surface area contributed by atoms with Gasteiger partial charge in [0, 0.05) is 23.0 Å². The number of nitrogens with zero attached hydrogens (tertiary/aromatic N) is 3. The molecule has 4 rings (SSSR count). The van der Waals surface area contributed by atoms with E-state index >= 15 is 0 Å². The molecule has 0 spiro atoms. The summed E-state index contributed by atoms with van der Waals surface area (Å²) < 4.78 is 15.0. The first-order chi connectivity index (χ1) is 10.2. The fourth-order valence-corrected chi connectivity index (χ4v) is 3.16. The maximum Gasteiger partial charge on any atom is 0.156 e. The Morgan fingerprint density at radius 2 is 1.86 bits per heavy atom. The first-order valence-electron chi connectivity index (χ1n) is 7.36. The first-order valence-corrected chi connectivity index (χ1v) is 7.36. The Kier molecular flexibility index (Phi) is 2.77. The van der Waals surface area contributed by atoms with Crippen molar-refractivity contribution in [3.8, 4) is 11.3 Å². The van der Waals surface area contributed by atoms with E-state index in [4.69, 9.17) is 5.10 Å². The van der Waals surface area contributed by atoms with Crippen LogP contribution in [0.15, 0.2) is 30.3 Å². The van der Waals surface area contributed by atoms with Crippen molar-refractivity contribution in [3.05, 3.63) is 53.1 Å². The minimum Gasteiger partial charge on any atom is -0.234 e. The van der Waals surface area contributed by atoms with Gasteiger partial charge in [0.05, 0.1) is 5.69 Å². The first kappa shape index (κ1) is 12.5. The number of aromatic nitrogens is 3. The van der Waals surface area contributed by atoms with Gasteiger partial charge in [0.2, 0.25) is 0 Å². The minimum atomic E-state index is -0.228. The van der Waals surface area contributed by atoms with Crippen LogP contribution in [0.25, 0.3) is 16.9 Å². The van der Waals surface area contributed by atoms with Crippen molar-refractivity contribution in [2.24, 2.45) is 0 Å². The van der Waals surface area contributed by atoms with Gasteiger partial charge in [-0.2, -0.15) is 5.10 Å². The highest BCUT2D eigenvalue weighted by Gasteiger charge is 2.18. The monoisotopic (exact) mass is 281 g/mol. The third-order valence-corrected chi connectivity index (χ3v) is 4.24. The Labute approximate surface area is 122 Å². The highest BCUT2D eigenvalue weighted by atomic mass is 19.1. The van der Waals surface area contributed by atoms with Gasteiger partial charge in [-0.25, -0.2) is 13.9 Å². The van der Waals surface area contributed by atoms with E-state index in [1.807, 2.05) is 10.6 Å². The molecule has 0 atom stereocenters. The number of hydrogen-bond acceptors (Lipinski definition) is 2. The van der Waals surface area contributed by atoms with Crippen LogP contribution in [0, 0.1) is 12.7 Å². The predicted octanol–water partition coefficient (Wildman–Crippen LogP) is 3.72. The van der Waals surface area contributed by atoms with Gasteiger partial charge in [-0.3, -0.25) is 0 Å². The molecule has 0 bridgehead atoms. The van der Waals surface area contributed by atoms with Gasteiger partial charge in [0.1, 0.15) is 5.82 Å². The molecule has 3 nitrogen and oxygen atoms in total. The third-order valence-electron chi connectivity index (χ3n) is 4.24. The maximum atomic E-state index is 13.0. The molecular formula is C17H16FN3. The fraction of sp³-hybridized carbons (Fsp3) is 0.294. The standard InChI is InChI=1S/C17H16FN3/c1-11-14-4-2-3-5-16(14)21-17(19-11)10-15(20-21)12-6-8-13(18)9-7-12/h6-10H,2-5H2,1H3. The fourth-order valence-electron chi connectivity index (χ4n) is 3.16. The smallest absolute Gasteiger partial charge is 0.156 e. The molecule has 21 heavy (non-hydrogen) atoms. The lowest BCUT2D eigenvalue weighted by Crippen LogP contribution is -2.13. The minimum absolute atomic E-state index is 0.228. The largest absolute Gasteiger partial charge is 0.234 e. The number of hydrogen-bond donors (Lipinski definition) is 0. The van der Waals surface area contributed by atoms with Crippen molar-refractivity contribution in [1.29, 1.82) is 0 Å². The van der Waals surface area contributed by atoms with Gasteiger partial charge in [-0.15, -0.1) is 0 Å². The van der Waals surface area contributed by atoms with Gasteiger partial charge in [-0.1, -0.05) is 0 Å². The molecule has 0 radical (unpaired) electrons. The summed E-state index contributed by atoms with van der Waals surface area (Å²) in [4.78, 5) is 4.68. The number of halogens is 1. The summed E-state index contributed by atoms with van der Waals surface area (Å²) in [5.74, 6) is -0.228. The van der Waals surface area contributed by atoms with Crippen molar-refractivity contribution in [3.63, 3.8) is 0 Å². The Balaban J connectivity index is 1.92. The Morgan fingerprint density at radius 1 is 1.10 bits per heavy atom. The van der Waals surface area contributed by atoms with Crippen molar-refractivity contribution < 1.29 is 4.39 Å². The second kappa shape index (κ2) is 4.65. The zero-order valence-corrected chi connectivity index (χ0v) is 11.9. The van der Waals surface area contributed by atoms with E-state index < -0.39 is 0 Å². The molecule has 2 heterocycles. The normalized spacial score (nSPS) is 14.4. The Morgan fingerprint density at radius 3 is 2.67 bits per heavy atom. The third kappa shape index (κ3) is 2.02. The summed E-state index contributed by atoms with van der Waals surface area (Å²) in [6.45, 7) is 2.08. The molecule has 0 aliphatic heterocycles. The molecule has 0 unspecified atom stereocenters. The lowest BCUT2D eigenvalue weighted by molar-refractivity contribution is 0.628. The summed E-state index contributed by atoms with van der Waals surface area (Å²) in [6, 6.07) is 8.43. The van der Waals surface area contributed by atoms with Crippen LogP contribution in [-0.2, 0) is 12.8 Å². The van der Waals surface area contributed by atoms with Crippen LogP contribution in [0.1, 0.15) is 29.8 Å². The van der Waals surface area contributed by atoms with Crippen molar-refractivity contribution in [2.75, 3.05) is 0 Å². The van der Waals surface area contributed by atoms with Crippen molar-refractivity contribution in [1.82, 2.24) is 14.6 Å². The second-order valence-electron chi connectivity index (χ2n) is 5.64. The van der Waals surface area contributed by atoms with E-state index in [-0.39, 0.29) is 5.82 Å². The summed E-state index contributed by atoms with van der Waals surface area (Å²) in [6.07, 6.45) is 4.58. The molecule has 1 aromatic carbocycles. The molecule has 3 aromatic rings. The molecule has 0 saturated heterocycles. The molecule has 1 aliphatic rings. The SMILES string of the molecule is Cc1nc2cc(-c3ccc(F)cc3)nn2c2c1CCCC2. The van der Waals surface area contributed by atoms with Crippen LogP contribution in [-0.4, -0.2) is 14.6 Å². The molecule has 1 aliphatic carbocycles. The summed E-state index contributed by atoms with van der Waals surface area (Å²) in [5, 5.41) is 4.70. The quantitative estimate of drug-likeness (QED) is 0.680. The van der Waals surface area contributed by atoms with E-state index in [2.05, 4.69) is 11.9 Å². The van der Waals surface area contributed by atoms with Crippen LogP contribution in [0.3, 0.4) is 0 Å². The molecular weight excluding hydrogens is 265 g/mol. The zero-order chi connectivity index (χ0) is 14.4. The average Bonchev–Trinajstić information content (AvgIpc) is 2.92. The maximum absolute atomic E-state index is 13.0. The molecule has 0 amide bonds. The van der Waals surface area contributed by atoms with Gasteiger partial charge >= 0.3 is 0 Å². The lowest BCUT2D eigenvalue weighted by atomic mass is 9.95. The number of aryl methyl sites for hydroxylation is 2. The van der Waals surface area contributed by atoms with Crippen LogP contribution in [0.5, 0.6) is 0 Å². The summed E-state index contributed by atoms with van der Waals surface area (Å²) >= 11 is 0. The van der Waals surface area contributed by atoms with E-state index in [9.17, 15) is 4.39 Å². The average molecular weight is 281 g/mol. The van der Waals surface area contributed by atoms with Crippen LogP contribution < -0.4 is 0 Å². The molecule has 2 aromatic heterocycles. The van der Waals surface area contributed by atoms with Gasteiger partial charge < -0.3 is 0 Å². The van der Waals surface area contributed by atoms with Crippen LogP contribution in [0.4, 0.5) is 4.39 Å². The van der Waals surface area contributed by atoms with Gasteiger partial charge in [0.15, 0.2) is 5.65 Å². The Bertz CT molecular complexity index is 818. The number of fused-ring (bicyclic) bond motifs is 3. The molecule has 0 fully saturated rings. The van der Waals surface area contributed by atoms with Crippen molar-refractivity contribution >= 4 is 5.65 Å². The van der Waals surface area contributed by atoms with E-state index in [1.54, 1.807) is 12.1 Å². The second-order valence-corrected chi connectivity index (χ2v) is 5.64. The molecule has 4 heteroatoms. The van der Waals surface area contributed by atoms with E-state index in [1.165, 1.54) is 36.2 Å².